The second-order valence-electron chi connectivity index (χ2n) is 4.12. The van der Waals surface area contributed by atoms with E-state index in [1.165, 1.54) is 0 Å². The molecule has 2 aliphatic rings. The standard InChI is InChI=1S/C10H17NO3/c1-13-7-8(12)4-11-5-9-2-3-10(6-11)14-9/h9-10H,2-7H2,1H3. The molecule has 2 heterocycles. The molecule has 0 aromatic rings. The number of fused-ring (bicyclic) bond motifs is 2. The van der Waals surface area contributed by atoms with Crippen LogP contribution in [-0.2, 0) is 14.3 Å². The van der Waals surface area contributed by atoms with Crippen LogP contribution in [0.4, 0.5) is 0 Å². The van der Waals surface area contributed by atoms with Gasteiger partial charge in [-0.15, -0.1) is 0 Å². The Bertz CT molecular complexity index is 207. The first-order valence-electron chi connectivity index (χ1n) is 5.16. The molecule has 2 unspecified atom stereocenters. The Hall–Kier alpha value is -0.450. The van der Waals surface area contributed by atoms with Gasteiger partial charge in [-0.2, -0.15) is 0 Å². The molecule has 4 nitrogen and oxygen atoms in total. The number of carbonyl (C=O) groups is 1. The monoisotopic (exact) mass is 199 g/mol. The first kappa shape index (κ1) is 10.1. The summed E-state index contributed by atoms with van der Waals surface area (Å²) in [6.45, 7) is 2.56. The van der Waals surface area contributed by atoms with Crippen molar-refractivity contribution in [2.75, 3.05) is 33.4 Å². The van der Waals surface area contributed by atoms with Gasteiger partial charge in [0.15, 0.2) is 5.78 Å². The second kappa shape index (κ2) is 4.38. The topological polar surface area (TPSA) is 38.8 Å². The average molecular weight is 199 g/mol. The third-order valence-electron chi connectivity index (χ3n) is 2.82. The highest BCUT2D eigenvalue weighted by molar-refractivity contribution is 5.81. The molecule has 0 radical (unpaired) electrons. The zero-order chi connectivity index (χ0) is 9.97. The van der Waals surface area contributed by atoms with E-state index in [0.29, 0.717) is 18.8 Å². The van der Waals surface area contributed by atoms with Crippen molar-refractivity contribution in [3.8, 4) is 0 Å². The van der Waals surface area contributed by atoms with Crippen LogP contribution in [-0.4, -0.2) is 56.2 Å². The molecule has 0 aliphatic carbocycles. The fourth-order valence-electron chi connectivity index (χ4n) is 2.28. The third-order valence-corrected chi connectivity index (χ3v) is 2.82. The Labute approximate surface area is 84.2 Å². The number of carbonyl (C=O) groups excluding carboxylic acids is 1. The number of methoxy groups -OCH3 is 1. The van der Waals surface area contributed by atoms with Crippen LogP contribution in [0.2, 0.25) is 0 Å². The lowest BCUT2D eigenvalue weighted by molar-refractivity contribution is -0.126. The molecule has 2 rings (SSSR count). The van der Waals surface area contributed by atoms with E-state index in [4.69, 9.17) is 9.47 Å². The Morgan fingerprint density at radius 1 is 1.43 bits per heavy atom. The van der Waals surface area contributed by atoms with E-state index in [1.54, 1.807) is 7.11 Å². The molecule has 0 aromatic carbocycles. The van der Waals surface area contributed by atoms with Crippen molar-refractivity contribution in [2.24, 2.45) is 0 Å². The molecule has 2 atom stereocenters. The number of likely N-dealkylation sites (tertiary alicyclic amines) is 1. The predicted molar refractivity (Wildman–Crippen MR) is 51.2 cm³/mol. The van der Waals surface area contributed by atoms with Crippen molar-refractivity contribution in [1.82, 2.24) is 4.90 Å². The second-order valence-corrected chi connectivity index (χ2v) is 4.12. The number of Topliss-reactive ketones (excluding diaryl/α,β-unsaturated/α-hetero) is 1. The van der Waals surface area contributed by atoms with Crippen LogP contribution in [0, 0.1) is 0 Å². The molecule has 0 saturated carbocycles. The van der Waals surface area contributed by atoms with E-state index < -0.39 is 0 Å². The van der Waals surface area contributed by atoms with Gasteiger partial charge in [0.2, 0.25) is 0 Å². The molecule has 2 fully saturated rings. The first-order valence-corrected chi connectivity index (χ1v) is 5.16. The van der Waals surface area contributed by atoms with Gasteiger partial charge < -0.3 is 9.47 Å². The van der Waals surface area contributed by atoms with Crippen molar-refractivity contribution < 1.29 is 14.3 Å². The first-order chi connectivity index (χ1) is 6.78. The van der Waals surface area contributed by atoms with Crippen LogP contribution >= 0.6 is 0 Å². The lowest BCUT2D eigenvalue weighted by atomic mass is 10.2. The van der Waals surface area contributed by atoms with E-state index in [0.717, 1.165) is 25.9 Å². The van der Waals surface area contributed by atoms with Crippen molar-refractivity contribution in [3.63, 3.8) is 0 Å². The van der Waals surface area contributed by atoms with E-state index >= 15 is 0 Å². The van der Waals surface area contributed by atoms with Crippen molar-refractivity contribution >= 4 is 5.78 Å². The van der Waals surface area contributed by atoms with Crippen LogP contribution in [0.15, 0.2) is 0 Å². The van der Waals surface area contributed by atoms with Gasteiger partial charge in [0.1, 0.15) is 6.61 Å². The summed E-state index contributed by atoms with van der Waals surface area (Å²) >= 11 is 0. The Kier molecular flexibility index (Phi) is 3.15. The van der Waals surface area contributed by atoms with Crippen LogP contribution < -0.4 is 0 Å². The largest absolute Gasteiger partial charge is 0.377 e. The molecule has 0 aromatic heterocycles. The van der Waals surface area contributed by atoms with E-state index in [1.807, 2.05) is 0 Å². The zero-order valence-corrected chi connectivity index (χ0v) is 8.57. The van der Waals surface area contributed by atoms with E-state index in [-0.39, 0.29) is 12.4 Å². The molecule has 2 aliphatic heterocycles. The Morgan fingerprint density at radius 3 is 2.64 bits per heavy atom. The molecular formula is C10H17NO3. The third kappa shape index (κ3) is 2.32. The minimum atomic E-state index is 0.161. The summed E-state index contributed by atoms with van der Waals surface area (Å²) in [6, 6.07) is 0. The smallest absolute Gasteiger partial charge is 0.172 e. The van der Waals surface area contributed by atoms with Crippen LogP contribution in [0.1, 0.15) is 12.8 Å². The average Bonchev–Trinajstić information content (AvgIpc) is 2.46. The highest BCUT2D eigenvalue weighted by Crippen LogP contribution is 2.25. The van der Waals surface area contributed by atoms with Gasteiger partial charge in [0.05, 0.1) is 18.8 Å². The summed E-state index contributed by atoms with van der Waals surface area (Å²) in [7, 11) is 1.56. The molecule has 14 heavy (non-hydrogen) atoms. The van der Waals surface area contributed by atoms with Gasteiger partial charge >= 0.3 is 0 Å². The molecule has 2 bridgehead atoms. The van der Waals surface area contributed by atoms with Gasteiger partial charge in [-0.3, -0.25) is 9.69 Å². The fraction of sp³-hybridized carbons (Fsp3) is 0.900. The normalized spacial score (nSPS) is 32.1. The maximum absolute atomic E-state index is 11.3. The van der Waals surface area contributed by atoms with Gasteiger partial charge in [-0.05, 0) is 12.8 Å². The molecule has 4 heteroatoms. The number of rotatable bonds is 4. The van der Waals surface area contributed by atoms with Gasteiger partial charge in [-0.1, -0.05) is 0 Å². The van der Waals surface area contributed by atoms with Crippen LogP contribution in [0.5, 0.6) is 0 Å². The summed E-state index contributed by atoms with van der Waals surface area (Å²) in [5, 5.41) is 0. The van der Waals surface area contributed by atoms with Crippen LogP contribution in [0.25, 0.3) is 0 Å². The molecular weight excluding hydrogens is 182 g/mol. The number of ether oxygens (including phenoxy) is 2. The SMILES string of the molecule is COCC(=O)CN1CC2CCC(C1)O2. The lowest BCUT2D eigenvalue weighted by Crippen LogP contribution is -2.45. The van der Waals surface area contributed by atoms with Crippen molar-refractivity contribution in [2.45, 2.75) is 25.0 Å². The summed E-state index contributed by atoms with van der Waals surface area (Å²) in [5.41, 5.74) is 0. The Morgan fingerprint density at radius 2 is 2.07 bits per heavy atom. The fourth-order valence-corrected chi connectivity index (χ4v) is 2.28. The van der Waals surface area contributed by atoms with Crippen LogP contribution in [0.3, 0.4) is 0 Å². The number of nitrogens with zero attached hydrogens (tertiary/aromatic N) is 1. The molecule has 0 spiro atoms. The summed E-state index contributed by atoms with van der Waals surface area (Å²) in [5.74, 6) is 0.161. The van der Waals surface area contributed by atoms with Crippen molar-refractivity contribution in [1.29, 1.82) is 0 Å². The predicted octanol–water partition coefficient (Wildman–Crippen LogP) is 0.0651. The molecule has 0 amide bonds. The van der Waals surface area contributed by atoms with Gasteiger partial charge in [-0.25, -0.2) is 0 Å². The molecule has 2 saturated heterocycles. The quantitative estimate of drug-likeness (QED) is 0.642. The van der Waals surface area contributed by atoms with Gasteiger partial charge in [0.25, 0.3) is 0 Å². The number of ketones is 1. The van der Waals surface area contributed by atoms with Gasteiger partial charge in [0, 0.05) is 20.2 Å². The van der Waals surface area contributed by atoms with E-state index in [2.05, 4.69) is 4.90 Å². The molecule has 0 N–H and O–H groups in total. The summed E-state index contributed by atoms with van der Waals surface area (Å²) in [6.07, 6.45) is 3.03. The molecule has 80 valence electrons. The van der Waals surface area contributed by atoms with Crippen molar-refractivity contribution in [3.05, 3.63) is 0 Å². The number of morpholine rings is 1. The minimum absolute atomic E-state index is 0.161. The lowest BCUT2D eigenvalue weighted by Gasteiger charge is -2.31. The maximum Gasteiger partial charge on any atom is 0.172 e. The minimum Gasteiger partial charge on any atom is -0.377 e. The number of hydrogen-bond acceptors (Lipinski definition) is 4. The number of hydrogen-bond donors (Lipinski definition) is 0. The summed E-state index contributed by atoms with van der Waals surface area (Å²) < 4.78 is 10.5. The highest BCUT2D eigenvalue weighted by Gasteiger charge is 2.33. The maximum atomic E-state index is 11.3. The Balaban J connectivity index is 1.79. The zero-order valence-electron chi connectivity index (χ0n) is 8.57. The van der Waals surface area contributed by atoms with E-state index in [9.17, 15) is 4.79 Å². The highest BCUT2D eigenvalue weighted by atomic mass is 16.5. The summed E-state index contributed by atoms with van der Waals surface area (Å²) in [4.78, 5) is 13.5.